The van der Waals surface area contributed by atoms with Gasteiger partial charge in [0.25, 0.3) is 5.91 Å². The number of amides is 1. The Hall–Kier alpha value is -1.14. The van der Waals surface area contributed by atoms with E-state index >= 15 is 0 Å². The zero-order chi connectivity index (χ0) is 13.9. The fourth-order valence-corrected chi connectivity index (χ4v) is 2.94. The molecule has 0 aromatic carbocycles. The maximum absolute atomic E-state index is 12.4. The lowest BCUT2D eigenvalue weighted by atomic mass is 10.2. The topological polar surface area (TPSA) is 45.7 Å². The molecule has 1 amide bonds. The van der Waals surface area contributed by atoms with Gasteiger partial charge in [0.05, 0.1) is 13.2 Å². The van der Waals surface area contributed by atoms with Gasteiger partial charge in [0.15, 0.2) is 6.10 Å². The lowest BCUT2D eigenvalue weighted by Crippen LogP contribution is -2.50. The molecule has 2 aliphatic rings. The number of pyridine rings is 1. The second kappa shape index (κ2) is 6.10. The number of nitrogens with zero attached hydrogens (tertiary/aromatic N) is 3. The summed E-state index contributed by atoms with van der Waals surface area (Å²) in [7, 11) is 0. The summed E-state index contributed by atoms with van der Waals surface area (Å²) in [5, 5.41) is 0. The fourth-order valence-electron chi connectivity index (χ4n) is 2.70. The van der Waals surface area contributed by atoms with Crippen LogP contribution in [0.4, 0.5) is 5.82 Å². The van der Waals surface area contributed by atoms with E-state index in [0.29, 0.717) is 13.2 Å². The normalized spacial score (nSPS) is 23.1. The molecule has 0 radical (unpaired) electrons. The molecule has 2 saturated heterocycles. The van der Waals surface area contributed by atoms with Gasteiger partial charge in [0, 0.05) is 30.3 Å². The van der Waals surface area contributed by atoms with Crippen LogP contribution in [0, 0.1) is 0 Å². The quantitative estimate of drug-likeness (QED) is 0.822. The molecule has 1 unspecified atom stereocenters. The van der Waals surface area contributed by atoms with Crippen LogP contribution in [0.25, 0.3) is 0 Å². The van der Waals surface area contributed by atoms with Crippen LogP contribution in [0.3, 0.4) is 0 Å². The average molecular weight is 340 g/mol. The van der Waals surface area contributed by atoms with Gasteiger partial charge >= 0.3 is 0 Å². The van der Waals surface area contributed by atoms with E-state index in [4.69, 9.17) is 4.74 Å². The SMILES string of the molecule is O=C(C1CN(c2ccc(Br)cn2)CCO1)N1CCCC1. The molecule has 3 rings (SSSR count). The number of carbonyl (C=O) groups excluding carboxylic acids is 1. The highest BCUT2D eigenvalue weighted by atomic mass is 79.9. The summed E-state index contributed by atoms with van der Waals surface area (Å²) in [6.45, 7) is 3.68. The summed E-state index contributed by atoms with van der Waals surface area (Å²) in [6.07, 6.45) is 3.64. The minimum absolute atomic E-state index is 0.129. The maximum Gasteiger partial charge on any atom is 0.253 e. The molecule has 2 fully saturated rings. The van der Waals surface area contributed by atoms with Crippen LogP contribution >= 0.6 is 15.9 Å². The molecule has 0 spiro atoms. The van der Waals surface area contributed by atoms with Crippen molar-refractivity contribution in [3.05, 3.63) is 22.8 Å². The van der Waals surface area contributed by atoms with Crippen molar-refractivity contribution in [2.24, 2.45) is 0 Å². The average Bonchev–Trinajstić information content (AvgIpc) is 3.01. The number of morpholine rings is 1. The molecule has 1 aromatic heterocycles. The highest BCUT2D eigenvalue weighted by Gasteiger charge is 2.31. The largest absolute Gasteiger partial charge is 0.365 e. The number of hydrogen-bond acceptors (Lipinski definition) is 4. The van der Waals surface area contributed by atoms with Crippen molar-refractivity contribution in [1.82, 2.24) is 9.88 Å². The molecule has 20 heavy (non-hydrogen) atoms. The zero-order valence-electron chi connectivity index (χ0n) is 11.3. The summed E-state index contributed by atoms with van der Waals surface area (Å²) in [5.74, 6) is 1.03. The first kappa shape index (κ1) is 13.8. The predicted molar refractivity (Wildman–Crippen MR) is 79.7 cm³/mol. The monoisotopic (exact) mass is 339 g/mol. The van der Waals surface area contributed by atoms with Crippen molar-refractivity contribution in [3.63, 3.8) is 0 Å². The Morgan fingerprint density at radius 1 is 1.30 bits per heavy atom. The number of carbonyl (C=O) groups is 1. The number of halogens is 1. The number of ether oxygens (including phenoxy) is 1. The number of anilines is 1. The van der Waals surface area contributed by atoms with E-state index < -0.39 is 0 Å². The molecule has 108 valence electrons. The Bertz CT molecular complexity index is 474. The first-order chi connectivity index (χ1) is 9.74. The van der Waals surface area contributed by atoms with Gasteiger partial charge in [-0.1, -0.05) is 0 Å². The third-order valence-corrected chi connectivity index (χ3v) is 4.26. The number of rotatable bonds is 2. The molecule has 5 nitrogen and oxygen atoms in total. The van der Waals surface area contributed by atoms with E-state index in [1.807, 2.05) is 17.0 Å². The number of hydrogen-bond donors (Lipinski definition) is 0. The van der Waals surface area contributed by atoms with Crippen LogP contribution in [-0.2, 0) is 9.53 Å². The van der Waals surface area contributed by atoms with E-state index in [-0.39, 0.29) is 12.0 Å². The second-order valence-electron chi connectivity index (χ2n) is 5.17. The molecular weight excluding hydrogens is 322 g/mol. The Kier molecular flexibility index (Phi) is 4.21. The molecule has 2 aliphatic heterocycles. The smallest absolute Gasteiger partial charge is 0.253 e. The summed E-state index contributed by atoms with van der Waals surface area (Å²) < 4.78 is 6.62. The molecule has 1 atom stereocenters. The van der Waals surface area contributed by atoms with Crippen molar-refractivity contribution in [2.75, 3.05) is 37.7 Å². The Morgan fingerprint density at radius 3 is 2.80 bits per heavy atom. The van der Waals surface area contributed by atoms with Gasteiger partial charge in [0.2, 0.25) is 0 Å². The summed E-state index contributed by atoms with van der Waals surface area (Å²) in [4.78, 5) is 20.8. The third-order valence-electron chi connectivity index (χ3n) is 3.80. The minimum Gasteiger partial charge on any atom is -0.365 e. The first-order valence-electron chi connectivity index (χ1n) is 7.01. The molecule has 0 aliphatic carbocycles. The van der Waals surface area contributed by atoms with E-state index in [1.54, 1.807) is 6.20 Å². The van der Waals surface area contributed by atoms with E-state index in [0.717, 1.165) is 42.8 Å². The van der Waals surface area contributed by atoms with Crippen molar-refractivity contribution >= 4 is 27.7 Å². The molecule has 3 heterocycles. The first-order valence-corrected chi connectivity index (χ1v) is 7.80. The highest BCUT2D eigenvalue weighted by Crippen LogP contribution is 2.19. The Balaban J connectivity index is 1.66. The van der Waals surface area contributed by atoms with E-state index in [2.05, 4.69) is 25.8 Å². The van der Waals surface area contributed by atoms with Crippen molar-refractivity contribution < 1.29 is 9.53 Å². The van der Waals surface area contributed by atoms with Crippen molar-refractivity contribution in [2.45, 2.75) is 18.9 Å². The van der Waals surface area contributed by atoms with Crippen LogP contribution in [0.15, 0.2) is 22.8 Å². The summed E-state index contributed by atoms with van der Waals surface area (Å²) >= 11 is 3.38. The van der Waals surface area contributed by atoms with E-state index in [1.165, 1.54) is 0 Å². The van der Waals surface area contributed by atoms with Gasteiger partial charge in [-0.2, -0.15) is 0 Å². The van der Waals surface area contributed by atoms with Crippen LogP contribution in [0.1, 0.15) is 12.8 Å². The predicted octanol–water partition coefficient (Wildman–Crippen LogP) is 1.67. The summed E-state index contributed by atoms with van der Waals surface area (Å²) in [5.41, 5.74) is 0. The molecule has 0 N–H and O–H groups in total. The standard InChI is InChI=1S/C14H18BrN3O2/c15-11-3-4-13(16-9-11)18-7-8-20-12(10-18)14(19)17-5-1-2-6-17/h3-4,9,12H,1-2,5-8,10H2. The van der Waals surface area contributed by atoms with Crippen LogP contribution in [-0.4, -0.2) is 54.7 Å². The van der Waals surface area contributed by atoms with Crippen molar-refractivity contribution in [3.8, 4) is 0 Å². The van der Waals surface area contributed by atoms with Crippen LogP contribution in [0.5, 0.6) is 0 Å². The van der Waals surface area contributed by atoms with Crippen LogP contribution < -0.4 is 4.90 Å². The number of aromatic nitrogens is 1. The maximum atomic E-state index is 12.4. The third kappa shape index (κ3) is 2.96. The van der Waals surface area contributed by atoms with Gasteiger partial charge < -0.3 is 14.5 Å². The summed E-state index contributed by atoms with van der Waals surface area (Å²) in [6, 6.07) is 3.93. The van der Waals surface area contributed by atoms with Gasteiger partial charge in [-0.05, 0) is 40.9 Å². The van der Waals surface area contributed by atoms with Crippen molar-refractivity contribution in [1.29, 1.82) is 0 Å². The molecule has 0 bridgehead atoms. The Labute approximate surface area is 127 Å². The lowest BCUT2D eigenvalue weighted by molar-refractivity contribution is -0.143. The van der Waals surface area contributed by atoms with Gasteiger partial charge in [-0.15, -0.1) is 0 Å². The van der Waals surface area contributed by atoms with Crippen LogP contribution in [0.2, 0.25) is 0 Å². The molecular formula is C14H18BrN3O2. The second-order valence-corrected chi connectivity index (χ2v) is 6.09. The molecule has 1 aromatic rings. The highest BCUT2D eigenvalue weighted by molar-refractivity contribution is 9.10. The fraction of sp³-hybridized carbons (Fsp3) is 0.571. The molecule has 0 saturated carbocycles. The Morgan fingerprint density at radius 2 is 2.10 bits per heavy atom. The zero-order valence-corrected chi connectivity index (χ0v) is 12.9. The minimum atomic E-state index is -0.354. The van der Waals surface area contributed by atoms with Gasteiger partial charge in [-0.3, -0.25) is 4.79 Å². The lowest BCUT2D eigenvalue weighted by Gasteiger charge is -2.34. The van der Waals surface area contributed by atoms with Gasteiger partial charge in [0.1, 0.15) is 5.82 Å². The number of likely N-dealkylation sites (tertiary alicyclic amines) is 1. The molecule has 6 heteroatoms. The van der Waals surface area contributed by atoms with E-state index in [9.17, 15) is 4.79 Å². The van der Waals surface area contributed by atoms with Gasteiger partial charge in [-0.25, -0.2) is 4.98 Å².